The maximum absolute atomic E-state index is 10.7. The van der Waals surface area contributed by atoms with Crippen LogP contribution in [-0.4, -0.2) is 23.9 Å². The minimum Gasteiger partial charge on any atom is -0.545 e. The van der Waals surface area contributed by atoms with Gasteiger partial charge in [0.15, 0.2) is 0 Å². The van der Waals surface area contributed by atoms with Crippen LogP contribution < -0.4 is 20.4 Å². The molecule has 0 aromatic heterocycles. The quantitative estimate of drug-likeness (QED) is 0.588. The molecule has 0 heterocycles. The van der Waals surface area contributed by atoms with Crippen molar-refractivity contribution in [2.24, 2.45) is 0 Å². The van der Waals surface area contributed by atoms with E-state index >= 15 is 0 Å². The number of rotatable bonds is 4. The van der Waals surface area contributed by atoms with Gasteiger partial charge in [0.2, 0.25) is 0 Å². The summed E-state index contributed by atoms with van der Waals surface area (Å²) in [5, 5.41) is 42.4. The average molecular weight is 384 g/mol. The van der Waals surface area contributed by atoms with E-state index in [1.54, 1.807) is 6.92 Å². The van der Waals surface area contributed by atoms with Crippen LogP contribution in [0.4, 0.5) is 0 Å². The summed E-state index contributed by atoms with van der Waals surface area (Å²) < 4.78 is 0. The molecule has 0 spiro atoms. The minimum absolute atomic E-state index is 0.00694. The topological polar surface area (TPSA) is 161 Å². The van der Waals surface area contributed by atoms with Crippen molar-refractivity contribution in [3.8, 4) is 0 Å². The van der Waals surface area contributed by atoms with Crippen LogP contribution in [0.15, 0.2) is 24.3 Å². The fourth-order valence-electron chi connectivity index (χ4n) is 2.65. The molecule has 148 valence electrons. The first-order valence-corrected chi connectivity index (χ1v) is 7.95. The van der Waals surface area contributed by atoms with Crippen molar-refractivity contribution in [3.63, 3.8) is 0 Å². The van der Waals surface area contributed by atoms with E-state index in [4.69, 9.17) is 0 Å². The van der Waals surface area contributed by atoms with E-state index in [9.17, 15) is 39.6 Å². The van der Waals surface area contributed by atoms with Gasteiger partial charge in [-0.15, -0.1) is 0 Å². The molecule has 0 N–H and O–H groups in total. The van der Waals surface area contributed by atoms with Gasteiger partial charge in [0.1, 0.15) is 0 Å². The largest absolute Gasteiger partial charge is 0.545 e. The first-order valence-electron chi connectivity index (χ1n) is 7.95. The van der Waals surface area contributed by atoms with E-state index in [1.807, 2.05) is 0 Å². The lowest BCUT2D eigenvalue weighted by Gasteiger charge is -2.15. The summed E-state index contributed by atoms with van der Waals surface area (Å²) in [6.45, 7) is 6.07. The molecule has 0 radical (unpaired) electrons. The number of hydrogen-bond acceptors (Lipinski definition) is 8. The van der Waals surface area contributed by atoms with Gasteiger partial charge in [-0.25, -0.2) is 0 Å². The number of aromatic carboxylic acids is 4. The highest BCUT2D eigenvalue weighted by atomic mass is 16.4. The summed E-state index contributed by atoms with van der Waals surface area (Å²) in [7, 11) is 0. The molecular weight excluding hydrogens is 368 g/mol. The molecule has 0 aliphatic rings. The third-order valence-electron chi connectivity index (χ3n) is 4.32. The molecule has 0 saturated heterocycles. The molecule has 0 aliphatic heterocycles. The lowest BCUT2D eigenvalue weighted by molar-refractivity contribution is -0.256. The Balaban J connectivity index is 0.000000280. The van der Waals surface area contributed by atoms with Crippen LogP contribution in [0.3, 0.4) is 0 Å². The van der Waals surface area contributed by atoms with Gasteiger partial charge in [-0.3, -0.25) is 0 Å². The number of hydrogen-bond donors (Lipinski definition) is 0. The van der Waals surface area contributed by atoms with Gasteiger partial charge in [0, 0.05) is 22.3 Å². The maximum atomic E-state index is 10.7. The highest BCUT2D eigenvalue weighted by Gasteiger charge is 2.09. The first-order chi connectivity index (χ1) is 12.9. The zero-order valence-electron chi connectivity index (χ0n) is 15.6. The number of carboxylic acid groups (broad SMARTS) is 4. The van der Waals surface area contributed by atoms with Crippen molar-refractivity contribution in [2.75, 3.05) is 0 Å². The monoisotopic (exact) mass is 384 g/mol. The van der Waals surface area contributed by atoms with Crippen molar-refractivity contribution < 1.29 is 39.6 Å². The average Bonchev–Trinajstić information content (AvgIpc) is 2.56. The molecule has 0 saturated carbocycles. The zero-order chi connectivity index (χ0) is 21.8. The summed E-state index contributed by atoms with van der Waals surface area (Å²) in [5.41, 5.74) is 1.26. The minimum atomic E-state index is -1.38. The number of carboxylic acids is 4. The number of aryl methyl sites for hydroxylation is 1. The van der Waals surface area contributed by atoms with Crippen LogP contribution in [0, 0.1) is 27.7 Å². The van der Waals surface area contributed by atoms with Gasteiger partial charge in [-0.2, -0.15) is 0 Å². The lowest BCUT2D eigenvalue weighted by atomic mass is 9.98. The zero-order valence-corrected chi connectivity index (χ0v) is 15.6. The van der Waals surface area contributed by atoms with Crippen molar-refractivity contribution in [3.05, 3.63) is 68.8 Å². The van der Waals surface area contributed by atoms with Gasteiger partial charge >= 0.3 is 0 Å². The Morgan fingerprint density at radius 1 is 0.536 bits per heavy atom. The Hall–Kier alpha value is -3.68. The summed E-state index contributed by atoms with van der Waals surface area (Å²) in [4.78, 5) is 42.4. The summed E-state index contributed by atoms with van der Waals surface area (Å²) >= 11 is 0. The fraction of sp³-hybridized carbons (Fsp3) is 0.200. The second kappa shape index (κ2) is 8.81. The van der Waals surface area contributed by atoms with Gasteiger partial charge in [0.05, 0.1) is 23.9 Å². The van der Waals surface area contributed by atoms with Gasteiger partial charge in [-0.05, 0) is 49.9 Å². The van der Waals surface area contributed by atoms with Gasteiger partial charge in [0.25, 0.3) is 0 Å². The predicted molar refractivity (Wildman–Crippen MR) is 89.2 cm³/mol. The van der Waals surface area contributed by atoms with Crippen LogP contribution >= 0.6 is 0 Å². The molecular formula is C20H16O8-4. The van der Waals surface area contributed by atoms with E-state index in [-0.39, 0.29) is 27.8 Å². The van der Waals surface area contributed by atoms with Crippen molar-refractivity contribution in [2.45, 2.75) is 27.7 Å². The first kappa shape index (κ1) is 22.4. The Morgan fingerprint density at radius 2 is 0.857 bits per heavy atom. The normalized spacial score (nSPS) is 9.86. The SMILES string of the molecule is Cc1c(C(=O)[O-])ccc(C(=O)[O-])c1C.Cc1ccc(C(=O)[O-])c(C)c1C(=O)[O-]. The van der Waals surface area contributed by atoms with Crippen molar-refractivity contribution >= 4 is 23.9 Å². The molecule has 0 atom stereocenters. The molecule has 2 aromatic carbocycles. The van der Waals surface area contributed by atoms with E-state index < -0.39 is 23.9 Å². The van der Waals surface area contributed by atoms with Crippen LogP contribution in [0.1, 0.15) is 63.7 Å². The number of carbonyl (C=O) groups excluding carboxylic acids is 4. The van der Waals surface area contributed by atoms with E-state index in [0.717, 1.165) is 0 Å². The molecule has 2 rings (SSSR count). The maximum Gasteiger partial charge on any atom is 0.0720 e. The Kier molecular flexibility index (Phi) is 7.03. The Labute approximate surface area is 160 Å². The summed E-state index contributed by atoms with van der Waals surface area (Å²) in [5.74, 6) is -5.38. The van der Waals surface area contributed by atoms with E-state index in [0.29, 0.717) is 16.7 Å². The molecule has 2 aromatic rings. The van der Waals surface area contributed by atoms with Crippen molar-refractivity contribution in [1.29, 1.82) is 0 Å². The fourth-order valence-corrected chi connectivity index (χ4v) is 2.65. The molecule has 0 unspecified atom stereocenters. The third kappa shape index (κ3) is 4.73. The predicted octanol–water partition coefficient (Wildman–Crippen LogP) is -1.94. The van der Waals surface area contributed by atoms with Crippen LogP contribution in [-0.2, 0) is 0 Å². The molecule has 8 heteroatoms. The molecule has 8 nitrogen and oxygen atoms in total. The summed E-state index contributed by atoms with van der Waals surface area (Å²) in [6.07, 6.45) is 0. The van der Waals surface area contributed by atoms with Gasteiger partial charge in [-0.1, -0.05) is 24.3 Å². The highest BCUT2D eigenvalue weighted by Crippen LogP contribution is 2.17. The van der Waals surface area contributed by atoms with Crippen LogP contribution in [0.5, 0.6) is 0 Å². The highest BCUT2D eigenvalue weighted by molar-refractivity contribution is 5.96. The molecule has 28 heavy (non-hydrogen) atoms. The smallest absolute Gasteiger partial charge is 0.0720 e. The Bertz CT molecular complexity index is 934. The second-order valence-corrected chi connectivity index (χ2v) is 5.99. The van der Waals surface area contributed by atoms with Crippen LogP contribution in [0.2, 0.25) is 0 Å². The van der Waals surface area contributed by atoms with E-state index in [1.165, 1.54) is 45.0 Å². The van der Waals surface area contributed by atoms with Crippen LogP contribution in [0.25, 0.3) is 0 Å². The standard InChI is InChI=1S/2C10H10O4/c1-5-6(2)8(10(13)14)4-3-7(5)9(11)12;1-5-3-4-7(9(11)12)6(2)8(5)10(13)14/h2*3-4H,1-2H3,(H,11,12)(H,13,14)/p-4. The lowest BCUT2D eigenvalue weighted by Crippen LogP contribution is -2.28. The molecule has 0 aliphatic carbocycles. The Morgan fingerprint density at radius 3 is 1.18 bits per heavy atom. The summed E-state index contributed by atoms with van der Waals surface area (Å²) in [6, 6.07) is 5.17. The van der Waals surface area contributed by atoms with Gasteiger partial charge < -0.3 is 39.6 Å². The third-order valence-corrected chi connectivity index (χ3v) is 4.32. The van der Waals surface area contributed by atoms with E-state index in [2.05, 4.69) is 0 Å². The number of benzene rings is 2. The number of carbonyl (C=O) groups is 4. The van der Waals surface area contributed by atoms with Crippen molar-refractivity contribution in [1.82, 2.24) is 0 Å². The molecule has 0 bridgehead atoms. The second-order valence-electron chi connectivity index (χ2n) is 5.99. The molecule has 0 fully saturated rings. The molecule has 0 amide bonds.